The molecular weight excluding hydrogens is 368 g/mol. The van der Waals surface area contributed by atoms with Crippen LogP contribution in [-0.2, 0) is 16.1 Å². The van der Waals surface area contributed by atoms with Crippen LogP contribution in [0.1, 0.15) is 12.0 Å². The predicted molar refractivity (Wildman–Crippen MR) is 112 cm³/mol. The number of aromatic nitrogens is 3. The van der Waals surface area contributed by atoms with Gasteiger partial charge in [-0.05, 0) is 23.3 Å². The largest absolute Gasteiger partial charge is 0.384 e. The Balaban J connectivity index is 1.62. The number of benzene rings is 1. The molecule has 4 bridgehead atoms. The Bertz CT molecular complexity index is 986. The molecule has 1 amide bonds. The number of nitrogens with zero attached hydrogens (tertiary/aromatic N) is 4. The fourth-order valence-electron chi connectivity index (χ4n) is 3.49. The van der Waals surface area contributed by atoms with Gasteiger partial charge in [-0.2, -0.15) is 5.10 Å². The van der Waals surface area contributed by atoms with E-state index < -0.39 is 0 Å². The summed E-state index contributed by atoms with van der Waals surface area (Å²) < 4.78 is 6.84. The third-order valence-electron chi connectivity index (χ3n) is 5.06. The summed E-state index contributed by atoms with van der Waals surface area (Å²) in [6.45, 7) is 3.79. The summed E-state index contributed by atoms with van der Waals surface area (Å²) in [5.41, 5.74) is 4.09. The zero-order valence-corrected chi connectivity index (χ0v) is 16.6. The summed E-state index contributed by atoms with van der Waals surface area (Å²) in [6.07, 6.45) is 4.15. The number of nitrogens with one attached hydrogen (secondary N) is 2. The Morgan fingerprint density at radius 1 is 1.24 bits per heavy atom. The summed E-state index contributed by atoms with van der Waals surface area (Å²) >= 11 is 0. The lowest BCUT2D eigenvalue weighted by atomic mass is 10.1. The molecule has 0 unspecified atom stereocenters. The van der Waals surface area contributed by atoms with Crippen LogP contribution in [-0.4, -0.2) is 65.3 Å². The smallest absolute Gasteiger partial charge is 0.224 e. The molecule has 1 aliphatic heterocycles. The van der Waals surface area contributed by atoms with Gasteiger partial charge in [0.15, 0.2) is 5.65 Å². The molecule has 0 fully saturated rings. The Kier molecular flexibility index (Phi) is 6.02. The molecular formula is C21H26N6O2. The van der Waals surface area contributed by atoms with Crippen LogP contribution in [0, 0.1) is 0 Å². The number of ether oxygens (including phenoxy) is 1. The molecule has 0 saturated heterocycles. The highest BCUT2D eigenvalue weighted by molar-refractivity contribution is 5.78. The number of fused-ring (bicyclic) bond motifs is 4. The van der Waals surface area contributed by atoms with E-state index in [1.807, 2.05) is 23.4 Å². The molecule has 152 valence electrons. The van der Waals surface area contributed by atoms with E-state index in [9.17, 15) is 4.79 Å². The Morgan fingerprint density at radius 2 is 2.14 bits per heavy atom. The van der Waals surface area contributed by atoms with Crippen LogP contribution < -0.4 is 10.6 Å². The van der Waals surface area contributed by atoms with Crippen LogP contribution in [0.5, 0.6) is 0 Å². The molecule has 4 rings (SSSR count). The van der Waals surface area contributed by atoms with Crippen molar-refractivity contribution in [1.82, 2.24) is 24.8 Å². The Labute approximate surface area is 169 Å². The first-order valence-electron chi connectivity index (χ1n) is 9.89. The first kappa shape index (κ1) is 19.4. The molecule has 1 aromatic carbocycles. The maximum absolute atomic E-state index is 12.5. The van der Waals surface area contributed by atoms with Gasteiger partial charge < -0.3 is 20.3 Å². The van der Waals surface area contributed by atoms with E-state index in [1.54, 1.807) is 11.6 Å². The van der Waals surface area contributed by atoms with Crippen molar-refractivity contribution >= 4 is 17.4 Å². The Hall–Kier alpha value is -2.97. The average molecular weight is 394 g/mol. The van der Waals surface area contributed by atoms with E-state index in [4.69, 9.17) is 9.72 Å². The number of carbonyl (C=O) groups is 1. The normalized spacial score (nSPS) is 15.0. The molecule has 29 heavy (non-hydrogen) atoms. The highest BCUT2D eigenvalue weighted by Crippen LogP contribution is 2.25. The van der Waals surface area contributed by atoms with Gasteiger partial charge in [0.25, 0.3) is 0 Å². The van der Waals surface area contributed by atoms with Gasteiger partial charge in [-0.25, -0.2) is 9.50 Å². The zero-order valence-electron chi connectivity index (χ0n) is 16.6. The van der Waals surface area contributed by atoms with Gasteiger partial charge in [-0.15, -0.1) is 0 Å². The average Bonchev–Trinajstić information content (AvgIpc) is 3.16. The molecule has 8 heteroatoms. The number of amides is 1. The van der Waals surface area contributed by atoms with Crippen molar-refractivity contribution in [2.45, 2.75) is 13.0 Å². The summed E-state index contributed by atoms with van der Waals surface area (Å²) in [5, 5.41) is 11.2. The van der Waals surface area contributed by atoms with E-state index >= 15 is 0 Å². The number of methoxy groups -OCH3 is 1. The van der Waals surface area contributed by atoms with E-state index in [1.165, 1.54) is 5.56 Å². The second-order valence-electron chi connectivity index (χ2n) is 7.07. The van der Waals surface area contributed by atoms with E-state index in [-0.39, 0.29) is 5.91 Å². The van der Waals surface area contributed by atoms with Crippen molar-refractivity contribution in [3.8, 4) is 11.1 Å². The minimum atomic E-state index is 0.100. The van der Waals surface area contributed by atoms with Crippen LogP contribution >= 0.6 is 0 Å². The van der Waals surface area contributed by atoms with Gasteiger partial charge in [0.1, 0.15) is 5.82 Å². The molecule has 3 aromatic rings. The highest BCUT2D eigenvalue weighted by atomic mass is 16.5. The molecule has 2 aromatic heterocycles. The van der Waals surface area contributed by atoms with Gasteiger partial charge in [-0.1, -0.05) is 18.2 Å². The number of hydrogen-bond donors (Lipinski definition) is 2. The van der Waals surface area contributed by atoms with E-state index in [2.05, 4.69) is 40.0 Å². The third kappa shape index (κ3) is 4.55. The van der Waals surface area contributed by atoms with E-state index in [0.29, 0.717) is 32.7 Å². The molecule has 0 aliphatic carbocycles. The summed E-state index contributed by atoms with van der Waals surface area (Å²) in [6, 6.07) is 10.3. The van der Waals surface area contributed by atoms with Crippen LogP contribution in [0.2, 0.25) is 0 Å². The van der Waals surface area contributed by atoms with Crippen LogP contribution in [0.15, 0.2) is 42.7 Å². The lowest BCUT2D eigenvalue weighted by molar-refractivity contribution is -0.131. The lowest BCUT2D eigenvalue weighted by Crippen LogP contribution is -2.40. The highest BCUT2D eigenvalue weighted by Gasteiger charge is 2.14. The first-order valence-corrected chi connectivity index (χ1v) is 9.89. The first-order chi connectivity index (χ1) is 14.2. The van der Waals surface area contributed by atoms with E-state index in [0.717, 1.165) is 35.7 Å². The molecule has 0 spiro atoms. The maximum atomic E-state index is 12.5. The van der Waals surface area contributed by atoms with Crippen LogP contribution in [0.3, 0.4) is 0 Å². The summed E-state index contributed by atoms with van der Waals surface area (Å²) in [5.74, 6) is 0.871. The van der Waals surface area contributed by atoms with Crippen molar-refractivity contribution in [3.63, 3.8) is 0 Å². The van der Waals surface area contributed by atoms with Crippen molar-refractivity contribution < 1.29 is 9.53 Å². The van der Waals surface area contributed by atoms with Gasteiger partial charge >= 0.3 is 0 Å². The van der Waals surface area contributed by atoms with Crippen LogP contribution in [0.4, 0.5) is 5.82 Å². The molecule has 3 heterocycles. The second-order valence-corrected chi connectivity index (χ2v) is 7.07. The van der Waals surface area contributed by atoms with Crippen molar-refractivity contribution in [1.29, 1.82) is 0 Å². The minimum absolute atomic E-state index is 0.100. The molecule has 0 atom stereocenters. The number of carbonyl (C=O) groups excluding carboxylic acids is 1. The maximum Gasteiger partial charge on any atom is 0.224 e. The van der Waals surface area contributed by atoms with Gasteiger partial charge in [0.2, 0.25) is 5.91 Å². The molecule has 0 saturated carbocycles. The second kappa shape index (κ2) is 9.02. The summed E-state index contributed by atoms with van der Waals surface area (Å²) in [7, 11) is 1.61. The summed E-state index contributed by atoms with van der Waals surface area (Å²) in [4.78, 5) is 19.1. The van der Waals surface area contributed by atoms with Gasteiger partial charge in [0.05, 0.1) is 19.2 Å². The fraction of sp³-hybridized carbons (Fsp3) is 0.381. The number of hydrogen-bond acceptors (Lipinski definition) is 6. The van der Waals surface area contributed by atoms with Crippen molar-refractivity contribution in [2.75, 3.05) is 45.2 Å². The fourth-order valence-corrected chi connectivity index (χ4v) is 3.49. The SMILES string of the molecule is COCCC(=O)N1CCNCc2cccc(c2)-c2cnn3ccc(nc23)NCC1. The van der Waals surface area contributed by atoms with Gasteiger partial charge in [-0.3, -0.25) is 4.79 Å². The number of anilines is 1. The molecule has 1 aliphatic rings. The van der Waals surface area contributed by atoms with Gasteiger partial charge in [0, 0.05) is 51.6 Å². The van der Waals surface area contributed by atoms with Crippen molar-refractivity contribution in [3.05, 3.63) is 48.3 Å². The molecule has 8 nitrogen and oxygen atoms in total. The minimum Gasteiger partial charge on any atom is -0.384 e. The third-order valence-corrected chi connectivity index (χ3v) is 5.06. The van der Waals surface area contributed by atoms with Crippen molar-refractivity contribution in [2.24, 2.45) is 0 Å². The number of rotatable bonds is 3. The molecule has 2 N–H and O–H groups in total. The standard InChI is InChI=1S/C21H26N6O2/c1-29-12-6-20(28)26-10-7-22-14-16-3-2-4-17(13-16)18-15-24-27-9-5-19(23-8-11-26)25-21(18)27/h2-5,9,13,15,22H,6-8,10-12,14H2,1H3,(H,23,25). The Morgan fingerprint density at radius 3 is 3.03 bits per heavy atom. The quantitative estimate of drug-likeness (QED) is 0.705. The lowest BCUT2D eigenvalue weighted by Gasteiger charge is -2.23. The zero-order chi connectivity index (χ0) is 20.1. The predicted octanol–water partition coefficient (Wildman–Crippen LogP) is 1.78. The monoisotopic (exact) mass is 394 g/mol. The molecule has 0 radical (unpaired) electrons. The topological polar surface area (TPSA) is 83.8 Å². The van der Waals surface area contributed by atoms with Crippen LogP contribution in [0.25, 0.3) is 16.8 Å².